The maximum absolute atomic E-state index is 11.4. The number of hydrogen-bond acceptors (Lipinski definition) is 5. The lowest BCUT2D eigenvalue weighted by molar-refractivity contribution is -0.122. The van der Waals surface area contributed by atoms with Gasteiger partial charge in [0.25, 0.3) is 0 Å². The number of nitrogens with zero attached hydrogens (tertiary/aromatic N) is 4. The van der Waals surface area contributed by atoms with Crippen LogP contribution in [0.1, 0.15) is 32.3 Å². The van der Waals surface area contributed by atoms with Gasteiger partial charge in [-0.3, -0.25) is 9.79 Å². The standard InChI is InChI=1S/C21H34N6OS/c1-15(2)18-14-27(11-12-29-18)21(23-3)25-13-17-5-4-8-24-20(17)26-9-6-16(7-10-26)19(22)28/h4-5,8,15-16,18H,6-7,9-14H2,1-3H3,(H2,22,28)(H,23,25). The Labute approximate surface area is 178 Å². The molecule has 0 bridgehead atoms. The van der Waals surface area contributed by atoms with E-state index in [9.17, 15) is 4.79 Å². The van der Waals surface area contributed by atoms with Crippen LogP contribution in [0.2, 0.25) is 0 Å². The number of carbonyl (C=O) groups is 1. The van der Waals surface area contributed by atoms with Gasteiger partial charge < -0.3 is 20.9 Å². The van der Waals surface area contributed by atoms with E-state index in [1.54, 1.807) is 0 Å². The molecule has 2 fully saturated rings. The first-order valence-corrected chi connectivity index (χ1v) is 11.6. The zero-order valence-electron chi connectivity index (χ0n) is 17.8. The number of pyridine rings is 1. The predicted octanol–water partition coefficient (Wildman–Crippen LogP) is 1.93. The topological polar surface area (TPSA) is 86.9 Å². The van der Waals surface area contributed by atoms with E-state index in [0.717, 1.165) is 62.1 Å². The molecule has 2 saturated heterocycles. The highest BCUT2D eigenvalue weighted by molar-refractivity contribution is 8.00. The molecule has 1 aromatic heterocycles. The van der Waals surface area contributed by atoms with Crippen molar-refractivity contribution in [1.29, 1.82) is 0 Å². The number of aliphatic imine (C=N–C) groups is 1. The smallest absolute Gasteiger partial charge is 0.220 e. The van der Waals surface area contributed by atoms with E-state index in [-0.39, 0.29) is 11.8 Å². The van der Waals surface area contributed by atoms with Crippen LogP contribution in [0.15, 0.2) is 23.3 Å². The molecule has 1 aromatic rings. The molecule has 0 saturated carbocycles. The second-order valence-electron chi connectivity index (χ2n) is 8.15. The van der Waals surface area contributed by atoms with Crippen LogP contribution in [0.5, 0.6) is 0 Å². The summed E-state index contributed by atoms with van der Waals surface area (Å²) in [6, 6.07) is 4.09. The van der Waals surface area contributed by atoms with E-state index < -0.39 is 0 Å². The average molecular weight is 419 g/mol. The van der Waals surface area contributed by atoms with Crippen molar-refractivity contribution in [3.8, 4) is 0 Å². The summed E-state index contributed by atoms with van der Waals surface area (Å²) in [5.41, 5.74) is 6.63. The maximum Gasteiger partial charge on any atom is 0.220 e. The van der Waals surface area contributed by atoms with Crippen molar-refractivity contribution < 1.29 is 4.79 Å². The van der Waals surface area contributed by atoms with Gasteiger partial charge >= 0.3 is 0 Å². The molecular weight excluding hydrogens is 384 g/mol. The minimum atomic E-state index is -0.184. The van der Waals surface area contributed by atoms with Gasteiger partial charge in [-0.1, -0.05) is 19.9 Å². The van der Waals surface area contributed by atoms with Crippen LogP contribution < -0.4 is 16.0 Å². The van der Waals surface area contributed by atoms with Crippen LogP contribution in [0, 0.1) is 11.8 Å². The number of primary amides is 1. The Morgan fingerprint density at radius 1 is 1.38 bits per heavy atom. The summed E-state index contributed by atoms with van der Waals surface area (Å²) in [6.07, 6.45) is 3.42. The first-order chi connectivity index (χ1) is 14.0. The third-order valence-electron chi connectivity index (χ3n) is 5.85. The molecule has 8 heteroatoms. The molecule has 0 spiro atoms. The van der Waals surface area contributed by atoms with Crippen LogP contribution in [0.4, 0.5) is 5.82 Å². The van der Waals surface area contributed by atoms with Crippen LogP contribution >= 0.6 is 11.8 Å². The second-order valence-corrected chi connectivity index (χ2v) is 9.50. The molecule has 0 aliphatic carbocycles. The quantitative estimate of drug-likeness (QED) is 0.561. The molecule has 7 nitrogen and oxygen atoms in total. The fourth-order valence-electron chi connectivity index (χ4n) is 4.01. The first kappa shape index (κ1) is 21.7. The van der Waals surface area contributed by atoms with E-state index in [2.05, 4.69) is 56.8 Å². The largest absolute Gasteiger partial charge is 0.369 e. The monoisotopic (exact) mass is 418 g/mol. The second kappa shape index (κ2) is 10.2. The Bertz CT molecular complexity index is 717. The zero-order chi connectivity index (χ0) is 20.8. The van der Waals surface area contributed by atoms with Gasteiger partial charge in [-0.25, -0.2) is 4.98 Å². The Hall–Kier alpha value is -1.96. The van der Waals surface area contributed by atoms with Crippen molar-refractivity contribution in [1.82, 2.24) is 15.2 Å². The third-order valence-corrected chi connectivity index (χ3v) is 7.39. The van der Waals surface area contributed by atoms with Crippen molar-refractivity contribution in [3.05, 3.63) is 23.9 Å². The number of nitrogens with two attached hydrogens (primary N) is 1. The zero-order valence-corrected chi connectivity index (χ0v) is 18.6. The molecule has 1 amide bonds. The van der Waals surface area contributed by atoms with E-state index in [1.807, 2.05) is 19.3 Å². The van der Waals surface area contributed by atoms with Gasteiger partial charge in [-0.05, 0) is 24.8 Å². The average Bonchev–Trinajstić information content (AvgIpc) is 2.75. The first-order valence-electron chi connectivity index (χ1n) is 10.5. The van der Waals surface area contributed by atoms with Crippen LogP contribution in [-0.2, 0) is 11.3 Å². The van der Waals surface area contributed by atoms with Gasteiger partial charge in [-0.2, -0.15) is 11.8 Å². The van der Waals surface area contributed by atoms with Crippen molar-refractivity contribution in [2.24, 2.45) is 22.6 Å². The van der Waals surface area contributed by atoms with E-state index in [1.165, 1.54) is 0 Å². The number of nitrogens with one attached hydrogen (secondary N) is 1. The van der Waals surface area contributed by atoms with Crippen molar-refractivity contribution in [2.75, 3.05) is 43.9 Å². The molecule has 29 heavy (non-hydrogen) atoms. The van der Waals surface area contributed by atoms with Gasteiger partial charge in [0.2, 0.25) is 5.91 Å². The number of piperidine rings is 1. The van der Waals surface area contributed by atoms with E-state index in [4.69, 9.17) is 5.73 Å². The van der Waals surface area contributed by atoms with Crippen LogP contribution in [0.3, 0.4) is 0 Å². The van der Waals surface area contributed by atoms with E-state index >= 15 is 0 Å². The number of carbonyl (C=O) groups excluding carboxylic acids is 1. The Balaban J connectivity index is 1.63. The highest BCUT2D eigenvalue weighted by Gasteiger charge is 2.26. The molecule has 1 unspecified atom stereocenters. The Morgan fingerprint density at radius 3 is 2.79 bits per heavy atom. The molecule has 3 rings (SSSR count). The summed E-state index contributed by atoms with van der Waals surface area (Å²) in [6.45, 7) is 8.94. The number of rotatable bonds is 5. The molecular formula is C21H34N6OS. The lowest BCUT2D eigenvalue weighted by Gasteiger charge is -2.36. The molecule has 0 radical (unpaired) electrons. The lowest BCUT2D eigenvalue weighted by atomic mass is 9.96. The Kier molecular flexibility index (Phi) is 7.64. The van der Waals surface area contributed by atoms with Gasteiger partial charge in [0.15, 0.2) is 5.96 Å². The summed E-state index contributed by atoms with van der Waals surface area (Å²) in [7, 11) is 1.85. The number of thioether (sulfide) groups is 1. The van der Waals surface area contributed by atoms with Gasteiger partial charge in [0, 0.05) is 68.5 Å². The highest BCUT2D eigenvalue weighted by Crippen LogP contribution is 2.26. The summed E-state index contributed by atoms with van der Waals surface area (Å²) in [4.78, 5) is 25.3. The fourth-order valence-corrected chi connectivity index (χ4v) is 5.31. The number of hydrogen-bond donors (Lipinski definition) is 2. The third kappa shape index (κ3) is 5.56. The highest BCUT2D eigenvalue weighted by atomic mass is 32.2. The molecule has 2 aliphatic rings. The number of amides is 1. The number of guanidine groups is 1. The summed E-state index contributed by atoms with van der Waals surface area (Å²) in [5, 5.41) is 4.19. The summed E-state index contributed by atoms with van der Waals surface area (Å²) in [5.74, 6) is 3.55. The lowest BCUT2D eigenvalue weighted by Crippen LogP contribution is -2.49. The van der Waals surface area contributed by atoms with Crippen molar-refractivity contribution in [2.45, 2.75) is 38.5 Å². The SMILES string of the molecule is CN=C(NCc1cccnc1N1CCC(C(N)=O)CC1)N1CCSC(C(C)C)C1. The number of aromatic nitrogens is 1. The molecule has 0 aromatic carbocycles. The summed E-state index contributed by atoms with van der Waals surface area (Å²) >= 11 is 2.07. The van der Waals surface area contributed by atoms with Crippen molar-refractivity contribution >= 4 is 29.4 Å². The van der Waals surface area contributed by atoms with Crippen molar-refractivity contribution in [3.63, 3.8) is 0 Å². The molecule has 3 heterocycles. The minimum absolute atomic E-state index is 0.0127. The molecule has 1 atom stereocenters. The molecule has 2 aliphatic heterocycles. The fraction of sp³-hybridized carbons (Fsp3) is 0.667. The number of anilines is 1. The van der Waals surface area contributed by atoms with Gasteiger partial charge in [0.1, 0.15) is 5.82 Å². The van der Waals surface area contributed by atoms with Gasteiger partial charge in [-0.15, -0.1) is 0 Å². The minimum Gasteiger partial charge on any atom is -0.369 e. The normalized spacial score (nSPS) is 21.5. The summed E-state index contributed by atoms with van der Waals surface area (Å²) < 4.78 is 0. The van der Waals surface area contributed by atoms with Crippen LogP contribution in [-0.4, -0.2) is 66.0 Å². The van der Waals surface area contributed by atoms with Gasteiger partial charge in [0.05, 0.1) is 0 Å². The van der Waals surface area contributed by atoms with E-state index in [0.29, 0.717) is 17.7 Å². The molecule has 160 valence electrons. The van der Waals surface area contributed by atoms with Crippen LogP contribution in [0.25, 0.3) is 0 Å². The predicted molar refractivity (Wildman–Crippen MR) is 121 cm³/mol. The molecule has 3 N–H and O–H groups in total. The maximum atomic E-state index is 11.4. The Morgan fingerprint density at radius 2 is 2.14 bits per heavy atom.